The van der Waals surface area contributed by atoms with Gasteiger partial charge in [0.15, 0.2) is 5.17 Å². The molecule has 1 heterocycles. The lowest BCUT2D eigenvalue weighted by Crippen LogP contribution is -2.23. The monoisotopic (exact) mass is 410 g/mol. The van der Waals surface area contributed by atoms with Crippen LogP contribution in [0.15, 0.2) is 28.1 Å². The number of thioether (sulfide) groups is 1. The van der Waals surface area contributed by atoms with Crippen LogP contribution in [0.5, 0.6) is 5.75 Å². The molecule has 0 spiro atoms. The SMILES string of the molecule is CN=C1S/C(=C\c2ccc(O)c(I)c2)C(=O)N1C.Cl. The highest BCUT2D eigenvalue weighted by Crippen LogP contribution is 2.32. The molecule has 0 saturated carbocycles. The Balaban J connectivity index is 0.00000180. The molecule has 1 aliphatic rings. The molecule has 0 radical (unpaired) electrons. The number of rotatable bonds is 1. The van der Waals surface area contributed by atoms with Gasteiger partial charge in [0.2, 0.25) is 0 Å². The van der Waals surface area contributed by atoms with Crippen molar-refractivity contribution in [1.82, 2.24) is 4.90 Å². The zero-order valence-electron chi connectivity index (χ0n) is 10.3. The molecule has 1 saturated heterocycles. The van der Waals surface area contributed by atoms with Gasteiger partial charge in [0.1, 0.15) is 5.75 Å². The first kappa shape index (κ1) is 16.3. The Labute approximate surface area is 135 Å². The van der Waals surface area contributed by atoms with E-state index >= 15 is 0 Å². The van der Waals surface area contributed by atoms with Crippen LogP contribution in [0.1, 0.15) is 5.56 Å². The van der Waals surface area contributed by atoms with Crippen molar-refractivity contribution in [3.8, 4) is 5.75 Å². The van der Waals surface area contributed by atoms with Crippen molar-refractivity contribution in [2.45, 2.75) is 0 Å². The zero-order valence-corrected chi connectivity index (χ0v) is 14.0. The number of halogens is 2. The minimum atomic E-state index is -0.0521. The van der Waals surface area contributed by atoms with E-state index in [-0.39, 0.29) is 24.1 Å². The maximum absolute atomic E-state index is 11.9. The van der Waals surface area contributed by atoms with Crippen molar-refractivity contribution < 1.29 is 9.90 Å². The number of benzene rings is 1. The predicted octanol–water partition coefficient (Wildman–Crippen LogP) is 2.95. The molecule has 1 amide bonds. The molecule has 0 aromatic heterocycles. The quantitative estimate of drug-likeness (QED) is 0.572. The summed E-state index contributed by atoms with van der Waals surface area (Å²) in [6.45, 7) is 0. The van der Waals surface area contributed by atoms with Gasteiger partial charge in [-0.25, -0.2) is 0 Å². The van der Waals surface area contributed by atoms with Crippen LogP contribution in [0, 0.1) is 3.57 Å². The number of carbonyl (C=O) groups is 1. The van der Waals surface area contributed by atoms with E-state index < -0.39 is 0 Å². The van der Waals surface area contributed by atoms with Crippen molar-refractivity contribution in [2.75, 3.05) is 14.1 Å². The summed E-state index contributed by atoms with van der Waals surface area (Å²) >= 11 is 3.41. The third-order valence-corrected chi connectivity index (χ3v) is 4.48. The van der Waals surface area contributed by atoms with E-state index in [1.54, 1.807) is 26.2 Å². The minimum Gasteiger partial charge on any atom is -0.507 e. The molecule has 7 heteroatoms. The van der Waals surface area contributed by atoms with Gasteiger partial charge in [0.05, 0.1) is 8.48 Å². The van der Waals surface area contributed by atoms with Crippen molar-refractivity contribution >= 4 is 63.9 Å². The normalized spacial score (nSPS) is 19.1. The Kier molecular flexibility index (Phi) is 5.69. The number of nitrogens with zero attached hydrogens (tertiary/aromatic N) is 2. The number of likely N-dealkylation sites (N-methyl/N-ethyl adjacent to an activating group) is 1. The summed E-state index contributed by atoms with van der Waals surface area (Å²) < 4.78 is 0.759. The van der Waals surface area contributed by atoms with E-state index in [0.717, 1.165) is 9.13 Å². The second kappa shape index (κ2) is 6.62. The van der Waals surface area contributed by atoms with E-state index in [1.807, 2.05) is 12.1 Å². The van der Waals surface area contributed by atoms with Crippen LogP contribution in [0.25, 0.3) is 6.08 Å². The predicted molar refractivity (Wildman–Crippen MR) is 89.8 cm³/mol. The fourth-order valence-electron chi connectivity index (χ4n) is 1.51. The van der Waals surface area contributed by atoms with E-state index in [1.165, 1.54) is 16.7 Å². The fourth-order valence-corrected chi connectivity index (χ4v) is 2.98. The molecular formula is C12H12ClIN2O2S. The first-order chi connectivity index (χ1) is 8.52. The van der Waals surface area contributed by atoms with Gasteiger partial charge < -0.3 is 5.11 Å². The highest BCUT2D eigenvalue weighted by atomic mass is 127. The third-order valence-electron chi connectivity index (χ3n) is 2.46. The highest BCUT2D eigenvalue weighted by molar-refractivity contribution is 14.1. The van der Waals surface area contributed by atoms with Gasteiger partial charge in [-0.15, -0.1) is 12.4 Å². The van der Waals surface area contributed by atoms with Crippen LogP contribution in [-0.4, -0.2) is 35.2 Å². The van der Waals surface area contributed by atoms with Crippen LogP contribution in [0.2, 0.25) is 0 Å². The number of phenols is 1. The number of amides is 1. The molecular weight excluding hydrogens is 399 g/mol. The maximum atomic E-state index is 11.9. The van der Waals surface area contributed by atoms with Crippen LogP contribution in [0.3, 0.4) is 0 Å². The van der Waals surface area contributed by atoms with Crippen molar-refractivity contribution in [1.29, 1.82) is 0 Å². The first-order valence-corrected chi connectivity index (χ1v) is 7.05. The average Bonchev–Trinajstić information content (AvgIpc) is 2.62. The average molecular weight is 411 g/mol. The summed E-state index contributed by atoms with van der Waals surface area (Å²) in [5, 5.41) is 10.1. The molecule has 4 nitrogen and oxygen atoms in total. The maximum Gasteiger partial charge on any atom is 0.266 e. The number of carbonyl (C=O) groups excluding carboxylic acids is 1. The van der Waals surface area contributed by atoms with Gasteiger partial charge in [0, 0.05) is 14.1 Å². The Morgan fingerprint density at radius 2 is 2.16 bits per heavy atom. The molecule has 0 bridgehead atoms. The summed E-state index contributed by atoms with van der Waals surface area (Å²) in [6.07, 6.45) is 1.81. The molecule has 1 aromatic carbocycles. The Bertz CT molecular complexity index is 575. The van der Waals surface area contributed by atoms with Gasteiger partial charge in [-0.1, -0.05) is 6.07 Å². The van der Waals surface area contributed by atoms with Crippen LogP contribution >= 0.6 is 46.8 Å². The number of amidine groups is 1. The molecule has 1 aromatic rings. The molecule has 0 aliphatic carbocycles. The van der Waals surface area contributed by atoms with Crippen molar-refractivity contribution in [2.24, 2.45) is 4.99 Å². The van der Waals surface area contributed by atoms with Crippen LogP contribution in [-0.2, 0) is 4.79 Å². The van der Waals surface area contributed by atoms with Gasteiger partial charge >= 0.3 is 0 Å². The number of phenolic OH excluding ortho intramolecular Hbond substituents is 1. The highest BCUT2D eigenvalue weighted by Gasteiger charge is 2.29. The van der Waals surface area contributed by atoms with Gasteiger partial charge in [-0.05, 0) is 58.1 Å². The summed E-state index contributed by atoms with van der Waals surface area (Å²) in [5.41, 5.74) is 0.888. The minimum absolute atomic E-state index is 0. The molecule has 1 aliphatic heterocycles. The third kappa shape index (κ3) is 3.43. The molecule has 1 fully saturated rings. The van der Waals surface area contributed by atoms with Crippen molar-refractivity contribution in [3.63, 3.8) is 0 Å². The van der Waals surface area contributed by atoms with Gasteiger partial charge in [-0.3, -0.25) is 14.7 Å². The van der Waals surface area contributed by atoms with Crippen LogP contribution < -0.4 is 0 Å². The lowest BCUT2D eigenvalue weighted by atomic mass is 10.2. The number of aromatic hydroxyl groups is 1. The Morgan fingerprint density at radius 3 is 2.68 bits per heavy atom. The number of hydrogen-bond donors (Lipinski definition) is 1. The molecule has 0 unspecified atom stereocenters. The first-order valence-electron chi connectivity index (χ1n) is 5.16. The van der Waals surface area contributed by atoms with Crippen LogP contribution in [0.4, 0.5) is 0 Å². The Morgan fingerprint density at radius 1 is 1.47 bits per heavy atom. The number of aliphatic imine (C=N–C) groups is 1. The number of hydrogen-bond acceptors (Lipinski definition) is 4. The van der Waals surface area contributed by atoms with Gasteiger partial charge in [0.25, 0.3) is 5.91 Å². The second-order valence-corrected chi connectivity index (χ2v) is 5.86. The standard InChI is InChI=1S/C12H11IN2O2S.ClH/c1-14-12-15(2)11(17)10(18-12)6-7-3-4-9(16)8(13)5-7;/h3-6,16H,1-2H3;1H/b10-6-,14-12?;. The zero-order chi connectivity index (χ0) is 13.3. The Hall–Kier alpha value is -0.730. The fraction of sp³-hybridized carbons (Fsp3) is 0.167. The second-order valence-electron chi connectivity index (χ2n) is 3.69. The summed E-state index contributed by atoms with van der Waals surface area (Å²) in [6, 6.07) is 5.23. The summed E-state index contributed by atoms with van der Waals surface area (Å²) in [5.74, 6) is 0.194. The van der Waals surface area contributed by atoms with Crippen molar-refractivity contribution in [3.05, 3.63) is 32.2 Å². The summed E-state index contributed by atoms with van der Waals surface area (Å²) in [7, 11) is 3.37. The largest absolute Gasteiger partial charge is 0.507 e. The smallest absolute Gasteiger partial charge is 0.266 e. The lowest BCUT2D eigenvalue weighted by Gasteiger charge is -2.05. The van der Waals surface area contributed by atoms with E-state index in [9.17, 15) is 9.90 Å². The molecule has 102 valence electrons. The molecule has 0 atom stereocenters. The van der Waals surface area contributed by atoms with E-state index in [2.05, 4.69) is 27.6 Å². The molecule has 2 rings (SSSR count). The van der Waals surface area contributed by atoms with E-state index in [0.29, 0.717) is 10.1 Å². The summed E-state index contributed by atoms with van der Waals surface area (Å²) in [4.78, 5) is 18.1. The topological polar surface area (TPSA) is 52.9 Å². The van der Waals surface area contributed by atoms with Gasteiger partial charge in [-0.2, -0.15) is 0 Å². The lowest BCUT2D eigenvalue weighted by molar-refractivity contribution is -0.121. The molecule has 1 N–H and O–H groups in total. The molecule has 19 heavy (non-hydrogen) atoms. The van der Waals surface area contributed by atoms with E-state index in [4.69, 9.17) is 0 Å².